The van der Waals surface area contributed by atoms with Crippen molar-refractivity contribution in [2.75, 3.05) is 13.2 Å². The average molecular weight is 449 g/mol. The lowest BCUT2D eigenvalue weighted by molar-refractivity contribution is 0.185. The van der Waals surface area contributed by atoms with Crippen LogP contribution in [0.2, 0.25) is 18.1 Å². The van der Waals surface area contributed by atoms with Crippen molar-refractivity contribution in [2.24, 2.45) is 0 Å². The number of carboxylic acid groups (broad SMARTS) is 1. The van der Waals surface area contributed by atoms with Crippen LogP contribution in [-0.2, 0) is 10.3 Å². The highest BCUT2D eigenvalue weighted by atomic mass is 35.5. The van der Waals surface area contributed by atoms with E-state index in [1.807, 2.05) is 28.8 Å². The Kier molecular flexibility index (Phi) is 6.40. The van der Waals surface area contributed by atoms with Crippen molar-refractivity contribution in [1.82, 2.24) is 19.9 Å². The number of fused-ring (bicyclic) bond motifs is 3. The molecule has 2 N–H and O–H groups in total. The van der Waals surface area contributed by atoms with Crippen LogP contribution in [0.3, 0.4) is 0 Å². The molecule has 0 aliphatic rings. The molecule has 0 bridgehead atoms. The summed E-state index contributed by atoms with van der Waals surface area (Å²) in [5.74, 6) is 0.869. The number of para-hydroxylation sites is 1. The summed E-state index contributed by atoms with van der Waals surface area (Å²) in [5, 5.41) is 12.7. The maximum atomic E-state index is 11.3. The number of halogens is 1. The van der Waals surface area contributed by atoms with E-state index in [-0.39, 0.29) is 23.5 Å². The molecular formula is C21H29ClN4O3Si. The van der Waals surface area contributed by atoms with Gasteiger partial charge in [0.05, 0.1) is 35.8 Å². The topological polar surface area (TPSA) is 89.3 Å². The number of imidazole rings is 1. The maximum Gasteiger partial charge on any atom is 0.404 e. The van der Waals surface area contributed by atoms with E-state index in [2.05, 4.69) is 49.1 Å². The highest BCUT2D eigenvalue weighted by Gasteiger charge is 2.38. The molecule has 9 heteroatoms. The summed E-state index contributed by atoms with van der Waals surface area (Å²) in [6.45, 7) is 11.5. The number of nitrogens with zero attached hydrogens (tertiary/aromatic N) is 3. The summed E-state index contributed by atoms with van der Waals surface area (Å²) in [6, 6.07) is 7.55. The van der Waals surface area contributed by atoms with Crippen LogP contribution in [0.4, 0.5) is 4.79 Å². The first-order chi connectivity index (χ1) is 14.0. The molecule has 1 unspecified atom stereocenters. The van der Waals surface area contributed by atoms with Crippen molar-refractivity contribution >= 4 is 47.9 Å². The van der Waals surface area contributed by atoms with Crippen molar-refractivity contribution in [3.63, 3.8) is 0 Å². The third kappa shape index (κ3) is 4.45. The SMILES string of the molecule is CC(C)(C)[Si](C)(C)OCC(CNC(=O)O)n1c(CCl)nc2cnc3ccccc3c21. The molecule has 0 radical (unpaired) electrons. The monoisotopic (exact) mass is 448 g/mol. The molecule has 1 amide bonds. The molecule has 0 spiro atoms. The first-order valence-corrected chi connectivity index (χ1v) is 13.4. The van der Waals surface area contributed by atoms with Crippen molar-refractivity contribution in [1.29, 1.82) is 0 Å². The fourth-order valence-electron chi connectivity index (χ4n) is 3.21. The maximum absolute atomic E-state index is 11.3. The number of nitrogens with one attached hydrogen (secondary N) is 1. The third-order valence-electron chi connectivity index (χ3n) is 5.91. The number of hydrogen-bond acceptors (Lipinski definition) is 4. The summed E-state index contributed by atoms with van der Waals surface area (Å²) in [7, 11) is -2.04. The van der Waals surface area contributed by atoms with Crippen LogP contribution in [0.15, 0.2) is 30.5 Å². The van der Waals surface area contributed by atoms with Gasteiger partial charge in [0.25, 0.3) is 0 Å². The Labute approximate surface area is 182 Å². The molecular weight excluding hydrogens is 420 g/mol. The van der Waals surface area contributed by atoms with E-state index in [1.165, 1.54) is 0 Å². The molecule has 0 saturated carbocycles. The number of pyridine rings is 1. The lowest BCUT2D eigenvalue weighted by atomic mass is 10.2. The molecule has 2 heterocycles. The fraction of sp³-hybridized carbons (Fsp3) is 0.476. The zero-order chi connectivity index (χ0) is 22.1. The summed E-state index contributed by atoms with van der Waals surface area (Å²) in [6.07, 6.45) is 0.663. The second-order valence-corrected chi connectivity index (χ2v) is 14.0. The Bertz CT molecular complexity index is 1060. The molecule has 3 aromatic rings. The van der Waals surface area contributed by atoms with Crippen LogP contribution in [0.25, 0.3) is 21.9 Å². The minimum atomic E-state index is -2.04. The van der Waals surface area contributed by atoms with Crippen LogP contribution < -0.4 is 5.32 Å². The molecule has 30 heavy (non-hydrogen) atoms. The minimum absolute atomic E-state index is 0.0424. The zero-order valence-corrected chi connectivity index (χ0v) is 19.8. The Morgan fingerprint density at radius 3 is 2.63 bits per heavy atom. The van der Waals surface area contributed by atoms with Gasteiger partial charge >= 0.3 is 6.09 Å². The largest absolute Gasteiger partial charge is 0.465 e. The van der Waals surface area contributed by atoms with Crippen molar-refractivity contribution < 1.29 is 14.3 Å². The van der Waals surface area contributed by atoms with Gasteiger partial charge in [0.15, 0.2) is 8.32 Å². The van der Waals surface area contributed by atoms with Gasteiger partial charge in [0, 0.05) is 11.9 Å². The Hall–Kier alpha value is -2.16. The number of rotatable bonds is 7. The Morgan fingerprint density at radius 2 is 2.00 bits per heavy atom. The van der Waals surface area contributed by atoms with Crippen molar-refractivity contribution in [2.45, 2.75) is 50.8 Å². The average Bonchev–Trinajstić information content (AvgIpc) is 3.06. The van der Waals surface area contributed by atoms with E-state index >= 15 is 0 Å². The predicted octanol–water partition coefficient (Wildman–Crippen LogP) is 5.15. The van der Waals surface area contributed by atoms with Gasteiger partial charge in [-0.05, 0) is 24.2 Å². The summed E-state index contributed by atoms with van der Waals surface area (Å²) in [4.78, 5) is 20.4. The van der Waals surface area contributed by atoms with Crippen LogP contribution >= 0.6 is 11.6 Å². The van der Waals surface area contributed by atoms with Crippen molar-refractivity contribution in [3.05, 3.63) is 36.3 Å². The second kappa shape index (κ2) is 8.53. The summed E-state index contributed by atoms with van der Waals surface area (Å²) >= 11 is 6.25. The van der Waals surface area contributed by atoms with E-state index in [1.54, 1.807) is 6.20 Å². The minimum Gasteiger partial charge on any atom is -0.465 e. The van der Waals surface area contributed by atoms with E-state index in [0.717, 1.165) is 21.9 Å². The van der Waals surface area contributed by atoms with E-state index in [0.29, 0.717) is 12.4 Å². The molecule has 0 aliphatic carbocycles. The van der Waals surface area contributed by atoms with Crippen LogP contribution in [0, 0.1) is 0 Å². The molecule has 0 fully saturated rings. The smallest absolute Gasteiger partial charge is 0.404 e. The first-order valence-electron chi connectivity index (χ1n) is 9.96. The molecule has 2 aromatic heterocycles. The van der Waals surface area contributed by atoms with Crippen LogP contribution in [0.5, 0.6) is 0 Å². The van der Waals surface area contributed by atoms with Gasteiger partial charge in [-0.1, -0.05) is 39.0 Å². The Morgan fingerprint density at radius 1 is 1.30 bits per heavy atom. The number of amides is 1. The molecule has 0 aliphatic heterocycles. The number of hydrogen-bond donors (Lipinski definition) is 2. The molecule has 3 rings (SSSR count). The molecule has 162 valence electrons. The third-order valence-corrected chi connectivity index (χ3v) is 10.7. The molecule has 1 aromatic carbocycles. The highest BCUT2D eigenvalue weighted by Crippen LogP contribution is 2.37. The highest BCUT2D eigenvalue weighted by molar-refractivity contribution is 6.74. The molecule has 1 atom stereocenters. The predicted molar refractivity (Wildman–Crippen MR) is 123 cm³/mol. The zero-order valence-electron chi connectivity index (χ0n) is 18.1. The molecule has 0 saturated heterocycles. The lowest BCUT2D eigenvalue weighted by Gasteiger charge is -2.37. The van der Waals surface area contributed by atoms with Crippen LogP contribution in [0.1, 0.15) is 32.6 Å². The lowest BCUT2D eigenvalue weighted by Crippen LogP contribution is -2.43. The number of aromatic nitrogens is 3. The summed E-state index contributed by atoms with van der Waals surface area (Å²) in [5.41, 5.74) is 2.48. The normalized spacial score (nSPS) is 13.7. The van der Waals surface area contributed by atoms with E-state index < -0.39 is 14.4 Å². The Balaban J connectivity index is 2.12. The van der Waals surface area contributed by atoms with Gasteiger partial charge in [-0.25, -0.2) is 9.78 Å². The summed E-state index contributed by atoms with van der Waals surface area (Å²) < 4.78 is 8.49. The van der Waals surface area contributed by atoms with Gasteiger partial charge in [-0.3, -0.25) is 4.98 Å². The van der Waals surface area contributed by atoms with Crippen LogP contribution in [-0.4, -0.2) is 47.2 Å². The number of carbonyl (C=O) groups is 1. The van der Waals surface area contributed by atoms with Gasteiger partial charge in [-0.2, -0.15) is 0 Å². The quantitative estimate of drug-likeness (QED) is 0.385. The van der Waals surface area contributed by atoms with Gasteiger partial charge in [0.1, 0.15) is 11.3 Å². The standard InChI is InChI=1S/C21H29ClN4O3Si/c1-21(2,3)30(4,5)29-13-14(11-24-20(27)28)26-18(10-22)25-17-12-23-16-9-7-6-8-15(16)19(17)26/h6-9,12,14,24H,10-11,13H2,1-5H3,(H,27,28). The first kappa shape index (κ1) is 22.5. The van der Waals surface area contributed by atoms with E-state index in [9.17, 15) is 9.90 Å². The molecule has 7 nitrogen and oxygen atoms in total. The van der Waals surface area contributed by atoms with E-state index in [4.69, 9.17) is 16.0 Å². The van der Waals surface area contributed by atoms with Gasteiger partial charge in [0.2, 0.25) is 0 Å². The van der Waals surface area contributed by atoms with Gasteiger partial charge in [-0.15, -0.1) is 11.6 Å². The fourth-order valence-corrected chi connectivity index (χ4v) is 4.44. The number of benzene rings is 1. The number of alkyl halides is 1. The van der Waals surface area contributed by atoms with Gasteiger partial charge < -0.3 is 19.4 Å². The van der Waals surface area contributed by atoms with Crippen molar-refractivity contribution in [3.8, 4) is 0 Å². The second-order valence-electron chi connectivity index (χ2n) is 8.95.